The van der Waals surface area contributed by atoms with Crippen LogP contribution in [0.15, 0.2) is 48.7 Å². The lowest BCUT2D eigenvalue weighted by Crippen LogP contribution is -1.94. The third-order valence-corrected chi connectivity index (χ3v) is 3.42. The molecule has 20 heavy (non-hydrogen) atoms. The molecule has 0 aliphatic heterocycles. The zero-order chi connectivity index (χ0) is 14.1. The second-order valence-corrected chi connectivity index (χ2v) is 5.03. The van der Waals surface area contributed by atoms with E-state index in [1.54, 1.807) is 12.1 Å². The predicted octanol–water partition coefficient (Wildman–Crippen LogP) is 4.20. The van der Waals surface area contributed by atoms with E-state index in [0.29, 0.717) is 6.61 Å². The van der Waals surface area contributed by atoms with Crippen molar-refractivity contribution in [2.24, 2.45) is 7.05 Å². The van der Waals surface area contributed by atoms with E-state index >= 15 is 0 Å². The number of halogens is 1. The summed E-state index contributed by atoms with van der Waals surface area (Å²) in [5.41, 5.74) is 3.11. The normalized spacial score (nSPS) is 10.9. The van der Waals surface area contributed by atoms with Crippen molar-refractivity contribution in [3.05, 3.63) is 65.6 Å². The lowest BCUT2D eigenvalue weighted by Gasteiger charge is -2.06. The molecule has 0 radical (unpaired) electrons. The molecule has 0 N–H and O–H groups in total. The number of ether oxygens (including phenoxy) is 1. The van der Waals surface area contributed by atoms with E-state index in [4.69, 9.17) is 4.74 Å². The Morgan fingerprint density at radius 2 is 2.00 bits per heavy atom. The average Bonchev–Trinajstić information content (AvgIpc) is 2.73. The highest BCUT2D eigenvalue weighted by molar-refractivity contribution is 5.83. The van der Waals surface area contributed by atoms with Crippen LogP contribution in [0, 0.1) is 12.7 Å². The van der Waals surface area contributed by atoms with Crippen LogP contribution in [0.2, 0.25) is 0 Å². The van der Waals surface area contributed by atoms with Crippen LogP contribution in [-0.4, -0.2) is 4.57 Å². The molecule has 2 aromatic carbocycles. The van der Waals surface area contributed by atoms with Crippen LogP contribution >= 0.6 is 0 Å². The van der Waals surface area contributed by atoms with E-state index in [0.717, 1.165) is 22.2 Å². The maximum absolute atomic E-state index is 13.3. The van der Waals surface area contributed by atoms with Gasteiger partial charge < -0.3 is 9.30 Å². The molecular weight excluding hydrogens is 253 g/mol. The number of nitrogens with zero attached hydrogens (tertiary/aromatic N) is 1. The standard InChI is InChI=1S/C17H16FNO/c1-12-4-3-5-15(8-12)20-11-13-10-19(2)17-9-14(18)6-7-16(13)17/h3-10H,11H2,1-2H3. The van der Waals surface area contributed by atoms with Crippen molar-refractivity contribution < 1.29 is 9.13 Å². The molecule has 3 aromatic rings. The average molecular weight is 269 g/mol. The SMILES string of the molecule is Cc1cccc(OCc2cn(C)c3cc(F)ccc23)c1. The van der Waals surface area contributed by atoms with Gasteiger partial charge in [0.2, 0.25) is 0 Å². The third-order valence-electron chi connectivity index (χ3n) is 3.42. The second-order valence-electron chi connectivity index (χ2n) is 5.03. The fourth-order valence-corrected chi connectivity index (χ4v) is 2.42. The highest BCUT2D eigenvalue weighted by Crippen LogP contribution is 2.23. The summed E-state index contributed by atoms with van der Waals surface area (Å²) in [6.07, 6.45) is 1.99. The van der Waals surface area contributed by atoms with Crippen LogP contribution in [0.3, 0.4) is 0 Å². The van der Waals surface area contributed by atoms with Gasteiger partial charge in [-0.2, -0.15) is 0 Å². The van der Waals surface area contributed by atoms with Gasteiger partial charge in [0.25, 0.3) is 0 Å². The summed E-state index contributed by atoms with van der Waals surface area (Å²) in [6, 6.07) is 12.8. The number of fused-ring (bicyclic) bond motifs is 1. The Morgan fingerprint density at radius 3 is 2.80 bits per heavy atom. The van der Waals surface area contributed by atoms with E-state index in [1.807, 2.05) is 49.0 Å². The summed E-state index contributed by atoms with van der Waals surface area (Å²) in [5, 5.41) is 1.03. The van der Waals surface area contributed by atoms with Gasteiger partial charge in [-0.1, -0.05) is 12.1 Å². The summed E-state index contributed by atoms with van der Waals surface area (Å²) >= 11 is 0. The van der Waals surface area contributed by atoms with E-state index in [-0.39, 0.29) is 5.82 Å². The molecule has 3 heteroatoms. The van der Waals surface area contributed by atoms with Gasteiger partial charge >= 0.3 is 0 Å². The van der Waals surface area contributed by atoms with Gasteiger partial charge in [0, 0.05) is 24.2 Å². The molecule has 0 spiro atoms. The lowest BCUT2D eigenvalue weighted by molar-refractivity contribution is 0.307. The van der Waals surface area contributed by atoms with E-state index in [2.05, 4.69) is 0 Å². The number of hydrogen-bond acceptors (Lipinski definition) is 1. The largest absolute Gasteiger partial charge is 0.489 e. The molecule has 0 bridgehead atoms. The molecule has 0 unspecified atom stereocenters. The third kappa shape index (κ3) is 2.39. The summed E-state index contributed by atoms with van der Waals surface area (Å²) in [6.45, 7) is 2.51. The van der Waals surface area contributed by atoms with Gasteiger partial charge in [-0.3, -0.25) is 0 Å². The minimum atomic E-state index is -0.218. The number of aryl methyl sites for hydroxylation is 2. The molecule has 102 valence electrons. The quantitative estimate of drug-likeness (QED) is 0.695. The summed E-state index contributed by atoms with van der Waals surface area (Å²) in [5.74, 6) is 0.633. The Morgan fingerprint density at radius 1 is 1.15 bits per heavy atom. The van der Waals surface area contributed by atoms with E-state index in [9.17, 15) is 4.39 Å². The minimum Gasteiger partial charge on any atom is -0.489 e. The van der Waals surface area contributed by atoms with Gasteiger partial charge in [-0.05, 0) is 42.8 Å². The maximum atomic E-state index is 13.3. The van der Waals surface area contributed by atoms with Gasteiger partial charge in [0.15, 0.2) is 0 Å². The number of aromatic nitrogens is 1. The van der Waals surface area contributed by atoms with E-state index < -0.39 is 0 Å². The van der Waals surface area contributed by atoms with Crippen molar-refractivity contribution in [3.8, 4) is 5.75 Å². The van der Waals surface area contributed by atoms with E-state index in [1.165, 1.54) is 11.6 Å². The molecule has 0 atom stereocenters. The van der Waals surface area contributed by atoms with Crippen molar-refractivity contribution in [3.63, 3.8) is 0 Å². The lowest BCUT2D eigenvalue weighted by atomic mass is 10.2. The van der Waals surface area contributed by atoms with Crippen molar-refractivity contribution in [2.45, 2.75) is 13.5 Å². The Bertz CT molecular complexity index is 761. The van der Waals surface area contributed by atoms with Crippen LogP contribution < -0.4 is 4.74 Å². The summed E-state index contributed by atoms with van der Waals surface area (Å²) < 4.78 is 21.0. The van der Waals surface area contributed by atoms with Gasteiger partial charge in [-0.25, -0.2) is 4.39 Å². The van der Waals surface area contributed by atoms with Crippen molar-refractivity contribution in [1.29, 1.82) is 0 Å². The molecule has 0 aliphatic rings. The highest BCUT2D eigenvalue weighted by Gasteiger charge is 2.08. The number of benzene rings is 2. The Labute approximate surface area is 117 Å². The molecule has 2 nitrogen and oxygen atoms in total. The first-order chi connectivity index (χ1) is 9.63. The molecule has 0 saturated carbocycles. The van der Waals surface area contributed by atoms with Gasteiger partial charge in [0.05, 0.1) is 5.52 Å². The Balaban J connectivity index is 1.88. The number of hydrogen-bond donors (Lipinski definition) is 0. The zero-order valence-electron chi connectivity index (χ0n) is 11.6. The maximum Gasteiger partial charge on any atom is 0.125 e. The van der Waals surface area contributed by atoms with Crippen LogP contribution in [0.4, 0.5) is 4.39 Å². The van der Waals surface area contributed by atoms with Crippen molar-refractivity contribution in [2.75, 3.05) is 0 Å². The fraction of sp³-hybridized carbons (Fsp3) is 0.176. The minimum absolute atomic E-state index is 0.218. The van der Waals surface area contributed by atoms with Gasteiger partial charge in [0.1, 0.15) is 18.2 Å². The molecule has 0 saturated heterocycles. The molecule has 0 aliphatic carbocycles. The number of rotatable bonds is 3. The molecule has 1 heterocycles. The Hall–Kier alpha value is -2.29. The van der Waals surface area contributed by atoms with Crippen molar-refractivity contribution in [1.82, 2.24) is 4.57 Å². The summed E-state index contributed by atoms with van der Waals surface area (Å²) in [4.78, 5) is 0. The molecular formula is C17H16FNO. The first kappa shape index (κ1) is 12.7. The topological polar surface area (TPSA) is 14.2 Å². The molecule has 0 amide bonds. The second kappa shape index (κ2) is 5.00. The monoisotopic (exact) mass is 269 g/mol. The first-order valence-electron chi connectivity index (χ1n) is 6.56. The van der Waals surface area contributed by atoms with Gasteiger partial charge in [-0.15, -0.1) is 0 Å². The highest BCUT2D eigenvalue weighted by atomic mass is 19.1. The van der Waals surface area contributed by atoms with Crippen LogP contribution in [-0.2, 0) is 13.7 Å². The smallest absolute Gasteiger partial charge is 0.125 e. The fourth-order valence-electron chi connectivity index (χ4n) is 2.42. The van der Waals surface area contributed by atoms with Crippen LogP contribution in [0.5, 0.6) is 5.75 Å². The predicted molar refractivity (Wildman–Crippen MR) is 78.4 cm³/mol. The van der Waals surface area contributed by atoms with Crippen LogP contribution in [0.1, 0.15) is 11.1 Å². The molecule has 0 fully saturated rings. The molecule has 3 rings (SSSR count). The van der Waals surface area contributed by atoms with Crippen molar-refractivity contribution >= 4 is 10.9 Å². The Kier molecular flexibility index (Phi) is 3.18. The first-order valence-corrected chi connectivity index (χ1v) is 6.56. The molecule has 1 aromatic heterocycles. The zero-order valence-corrected chi connectivity index (χ0v) is 11.6. The summed E-state index contributed by atoms with van der Waals surface area (Å²) in [7, 11) is 1.91. The van der Waals surface area contributed by atoms with Crippen LogP contribution in [0.25, 0.3) is 10.9 Å².